The van der Waals surface area contributed by atoms with Crippen molar-refractivity contribution in [3.8, 4) is 5.75 Å². The van der Waals surface area contributed by atoms with Crippen LogP contribution < -0.4 is 5.32 Å². The molecular weight excluding hydrogens is 268 g/mol. The van der Waals surface area contributed by atoms with E-state index in [0.717, 1.165) is 24.9 Å². The first-order valence-electron chi connectivity index (χ1n) is 7.43. The molecule has 116 valence electrons. The van der Waals surface area contributed by atoms with Crippen molar-refractivity contribution in [2.45, 2.75) is 31.9 Å². The van der Waals surface area contributed by atoms with E-state index < -0.39 is 0 Å². The minimum atomic E-state index is -0.361. The van der Waals surface area contributed by atoms with Crippen LogP contribution in [-0.4, -0.2) is 54.8 Å². The number of rotatable bonds is 5. The molecule has 5 heteroatoms. The maximum Gasteiger partial charge on any atom is 0.250 e. The number of nitrogens with zero attached hydrogens (tertiary/aromatic N) is 1. The molecule has 0 aliphatic carbocycles. The third kappa shape index (κ3) is 5.02. The highest BCUT2D eigenvalue weighted by Crippen LogP contribution is 2.12. The lowest BCUT2D eigenvalue weighted by Crippen LogP contribution is -2.50. The van der Waals surface area contributed by atoms with Crippen LogP contribution in [0.5, 0.6) is 5.75 Å². The van der Waals surface area contributed by atoms with Gasteiger partial charge >= 0.3 is 0 Å². The number of likely N-dealkylation sites (N-methyl/N-ethyl adjacent to an activating group) is 1. The predicted octanol–water partition coefficient (Wildman–Crippen LogP) is 1.16. The quantitative estimate of drug-likeness (QED) is 0.855. The summed E-state index contributed by atoms with van der Waals surface area (Å²) in [5, 5.41) is 12.3. The van der Waals surface area contributed by atoms with Gasteiger partial charge in [-0.15, -0.1) is 0 Å². The van der Waals surface area contributed by atoms with Gasteiger partial charge < -0.3 is 20.1 Å². The number of amides is 1. The molecule has 1 saturated heterocycles. The maximum atomic E-state index is 12.1. The van der Waals surface area contributed by atoms with Gasteiger partial charge in [-0.05, 0) is 44.5 Å². The Morgan fingerprint density at radius 3 is 2.86 bits per heavy atom. The van der Waals surface area contributed by atoms with E-state index in [1.807, 2.05) is 26.1 Å². The smallest absolute Gasteiger partial charge is 0.250 e. The summed E-state index contributed by atoms with van der Waals surface area (Å²) in [6, 6.07) is 7.28. The first kappa shape index (κ1) is 15.8. The summed E-state index contributed by atoms with van der Waals surface area (Å²) < 4.78 is 5.51. The molecule has 0 saturated carbocycles. The fourth-order valence-electron chi connectivity index (χ4n) is 2.39. The van der Waals surface area contributed by atoms with Gasteiger partial charge in [-0.2, -0.15) is 0 Å². The number of aryl methyl sites for hydroxylation is 1. The van der Waals surface area contributed by atoms with Gasteiger partial charge in [0.15, 0.2) is 0 Å². The SMILES string of the molecule is C[C@@H](CCc1ccc(O)cc1)NC(=O)[C@@H]1CN(C)CCO1. The largest absolute Gasteiger partial charge is 0.508 e. The lowest BCUT2D eigenvalue weighted by Gasteiger charge is -2.30. The van der Waals surface area contributed by atoms with Crippen molar-refractivity contribution in [3.05, 3.63) is 29.8 Å². The Morgan fingerprint density at radius 1 is 1.48 bits per heavy atom. The van der Waals surface area contributed by atoms with Crippen LogP contribution >= 0.6 is 0 Å². The van der Waals surface area contributed by atoms with Gasteiger partial charge in [-0.3, -0.25) is 4.79 Å². The normalized spacial score (nSPS) is 21.0. The third-order valence-corrected chi connectivity index (χ3v) is 3.75. The maximum absolute atomic E-state index is 12.1. The number of carbonyl (C=O) groups excluding carboxylic acids is 1. The molecule has 2 rings (SSSR count). The summed E-state index contributed by atoms with van der Waals surface area (Å²) in [5.74, 6) is 0.249. The number of phenols is 1. The molecule has 1 aliphatic rings. The molecule has 0 bridgehead atoms. The molecule has 1 fully saturated rings. The van der Waals surface area contributed by atoms with E-state index in [0.29, 0.717) is 13.2 Å². The fraction of sp³-hybridized carbons (Fsp3) is 0.562. The summed E-state index contributed by atoms with van der Waals surface area (Å²) >= 11 is 0. The lowest BCUT2D eigenvalue weighted by atomic mass is 10.1. The zero-order valence-electron chi connectivity index (χ0n) is 12.7. The van der Waals surface area contributed by atoms with E-state index in [9.17, 15) is 9.90 Å². The third-order valence-electron chi connectivity index (χ3n) is 3.75. The Hall–Kier alpha value is -1.59. The van der Waals surface area contributed by atoms with Gasteiger partial charge in [0.2, 0.25) is 0 Å². The Labute approximate surface area is 125 Å². The number of phenolic OH excluding ortho intramolecular Hbond substituents is 1. The van der Waals surface area contributed by atoms with E-state index in [-0.39, 0.29) is 23.8 Å². The molecule has 1 aromatic carbocycles. The van der Waals surface area contributed by atoms with E-state index in [1.165, 1.54) is 0 Å². The summed E-state index contributed by atoms with van der Waals surface area (Å²) in [4.78, 5) is 14.2. The Kier molecular flexibility index (Phi) is 5.59. The average Bonchev–Trinajstić information content (AvgIpc) is 2.46. The van der Waals surface area contributed by atoms with Crippen molar-refractivity contribution < 1.29 is 14.6 Å². The minimum Gasteiger partial charge on any atom is -0.508 e. The van der Waals surface area contributed by atoms with Gasteiger partial charge in [0, 0.05) is 19.1 Å². The van der Waals surface area contributed by atoms with Crippen molar-refractivity contribution >= 4 is 5.91 Å². The second kappa shape index (κ2) is 7.43. The van der Waals surface area contributed by atoms with Crippen molar-refractivity contribution in [2.24, 2.45) is 0 Å². The second-order valence-electron chi connectivity index (χ2n) is 5.74. The molecule has 2 atom stereocenters. The Bertz CT molecular complexity index is 461. The predicted molar refractivity (Wildman–Crippen MR) is 81.3 cm³/mol. The average molecular weight is 292 g/mol. The lowest BCUT2D eigenvalue weighted by molar-refractivity contribution is -0.138. The number of morpholine rings is 1. The molecular formula is C16H24N2O3. The number of ether oxygens (including phenoxy) is 1. The molecule has 1 heterocycles. The molecule has 1 amide bonds. The van der Waals surface area contributed by atoms with E-state index >= 15 is 0 Å². The molecule has 5 nitrogen and oxygen atoms in total. The molecule has 0 unspecified atom stereocenters. The molecule has 0 aromatic heterocycles. The first-order valence-corrected chi connectivity index (χ1v) is 7.43. The molecule has 2 N–H and O–H groups in total. The topological polar surface area (TPSA) is 61.8 Å². The highest BCUT2D eigenvalue weighted by Gasteiger charge is 2.25. The summed E-state index contributed by atoms with van der Waals surface area (Å²) in [6.07, 6.45) is 1.37. The zero-order chi connectivity index (χ0) is 15.2. The number of hydrogen-bond donors (Lipinski definition) is 2. The van der Waals surface area contributed by atoms with Crippen LogP contribution in [0.2, 0.25) is 0 Å². The van der Waals surface area contributed by atoms with Crippen LogP contribution in [0.25, 0.3) is 0 Å². The van der Waals surface area contributed by atoms with Crippen LogP contribution in [0.4, 0.5) is 0 Å². The van der Waals surface area contributed by atoms with Gasteiger partial charge in [-0.1, -0.05) is 12.1 Å². The summed E-state index contributed by atoms with van der Waals surface area (Å²) in [5.41, 5.74) is 1.16. The molecule has 21 heavy (non-hydrogen) atoms. The second-order valence-corrected chi connectivity index (χ2v) is 5.74. The van der Waals surface area contributed by atoms with E-state index in [2.05, 4.69) is 10.2 Å². The number of aromatic hydroxyl groups is 1. The monoisotopic (exact) mass is 292 g/mol. The summed E-state index contributed by atoms with van der Waals surface area (Å²) in [6.45, 7) is 4.14. The van der Waals surface area contributed by atoms with Gasteiger partial charge in [0.1, 0.15) is 11.9 Å². The first-order chi connectivity index (χ1) is 10.0. The number of carbonyl (C=O) groups is 1. The van der Waals surface area contributed by atoms with Crippen LogP contribution in [-0.2, 0) is 16.0 Å². The highest BCUT2D eigenvalue weighted by atomic mass is 16.5. The fourth-order valence-corrected chi connectivity index (χ4v) is 2.39. The van der Waals surface area contributed by atoms with Crippen molar-refractivity contribution in [1.82, 2.24) is 10.2 Å². The molecule has 0 spiro atoms. The van der Waals surface area contributed by atoms with Crippen LogP contribution in [0.3, 0.4) is 0 Å². The Balaban J connectivity index is 1.74. The number of hydrogen-bond acceptors (Lipinski definition) is 4. The standard InChI is InChI=1S/C16H24N2O3/c1-12(3-4-13-5-7-14(19)8-6-13)17-16(20)15-11-18(2)9-10-21-15/h5-8,12,15,19H,3-4,9-11H2,1-2H3,(H,17,20)/t12-,15-/m0/s1. The number of benzene rings is 1. The van der Waals surface area contributed by atoms with E-state index in [1.54, 1.807) is 12.1 Å². The Morgan fingerprint density at radius 2 is 2.19 bits per heavy atom. The molecule has 1 aliphatic heterocycles. The van der Waals surface area contributed by atoms with E-state index in [4.69, 9.17) is 4.74 Å². The minimum absolute atomic E-state index is 0.0280. The number of nitrogens with one attached hydrogen (secondary N) is 1. The molecule has 0 radical (unpaired) electrons. The van der Waals surface area contributed by atoms with Crippen LogP contribution in [0, 0.1) is 0 Å². The van der Waals surface area contributed by atoms with Gasteiger partial charge in [0.25, 0.3) is 5.91 Å². The van der Waals surface area contributed by atoms with Crippen LogP contribution in [0.1, 0.15) is 18.9 Å². The van der Waals surface area contributed by atoms with Crippen molar-refractivity contribution in [3.63, 3.8) is 0 Å². The highest BCUT2D eigenvalue weighted by molar-refractivity contribution is 5.81. The zero-order valence-corrected chi connectivity index (χ0v) is 12.7. The van der Waals surface area contributed by atoms with Gasteiger partial charge in [-0.25, -0.2) is 0 Å². The van der Waals surface area contributed by atoms with Gasteiger partial charge in [0.05, 0.1) is 6.61 Å². The molecule has 1 aromatic rings. The van der Waals surface area contributed by atoms with Crippen LogP contribution in [0.15, 0.2) is 24.3 Å². The van der Waals surface area contributed by atoms with Crippen molar-refractivity contribution in [1.29, 1.82) is 0 Å². The summed E-state index contributed by atoms with van der Waals surface area (Å²) in [7, 11) is 2.00. The van der Waals surface area contributed by atoms with Crippen molar-refractivity contribution in [2.75, 3.05) is 26.7 Å².